The molecule has 0 saturated heterocycles. The summed E-state index contributed by atoms with van der Waals surface area (Å²) >= 11 is 11.9. The fourth-order valence-electron chi connectivity index (χ4n) is 2.31. The number of ether oxygens (including phenoxy) is 1. The summed E-state index contributed by atoms with van der Waals surface area (Å²) in [5, 5.41) is 11.2. The van der Waals surface area contributed by atoms with E-state index in [4.69, 9.17) is 27.9 Å². The predicted molar refractivity (Wildman–Crippen MR) is 75.8 cm³/mol. The summed E-state index contributed by atoms with van der Waals surface area (Å²) in [5.41, 5.74) is 1.75. The van der Waals surface area contributed by atoms with Gasteiger partial charge in [0.1, 0.15) is 11.9 Å². The zero-order valence-electron chi connectivity index (χ0n) is 10.0. The van der Waals surface area contributed by atoms with Gasteiger partial charge in [-0.3, -0.25) is 0 Å². The molecule has 0 fully saturated rings. The minimum atomic E-state index is -0.524. The number of aliphatic hydroxyl groups excluding tert-OH is 1. The first kappa shape index (κ1) is 12.8. The van der Waals surface area contributed by atoms with Gasteiger partial charge in [0.25, 0.3) is 0 Å². The monoisotopic (exact) mass is 294 g/mol. The van der Waals surface area contributed by atoms with E-state index >= 15 is 0 Å². The minimum Gasteiger partial charge on any atom is -0.485 e. The molecule has 19 heavy (non-hydrogen) atoms. The fraction of sp³-hybridized carbons (Fsp3) is 0.200. The Balaban J connectivity index is 1.94. The molecule has 1 unspecified atom stereocenters. The lowest BCUT2D eigenvalue weighted by Gasteiger charge is -2.30. The zero-order chi connectivity index (χ0) is 13.4. The van der Waals surface area contributed by atoms with Gasteiger partial charge in [0, 0.05) is 12.0 Å². The number of benzene rings is 2. The molecule has 0 bridgehead atoms. The Morgan fingerprint density at radius 2 is 1.84 bits per heavy atom. The Labute approximate surface area is 121 Å². The number of rotatable bonds is 1. The number of hydrogen-bond donors (Lipinski definition) is 1. The maximum Gasteiger partial charge on any atom is 0.127 e. The fourth-order valence-corrected chi connectivity index (χ4v) is 2.62. The number of para-hydroxylation sites is 1. The minimum absolute atomic E-state index is 0.209. The first-order valence-electron chi connectivity index (χ1n) is 6.04. The second kappa shape index (κ2) is 5.04. The van der Waals surface area contributed by atoms with Gasteiger partial charge in [-0.05, 0) is 23.8 Å². The van der Waals surface area contributed by atoms with Crippen LogP contribution in [0.15, 0.2) is 42.5 Å². The van der Waals surface area contributed by atoms with Crippen LogP contribution in [0, 0.1) is 0 Å². The first-order valence-corrected chi connectivity index (χ1v) is 6.79. The molecule has 2 atom stereocenters. The highest BCUT2D eigenvalue weighted by molar-refractivity contribution is 6.42. The number of hydrogen-bond acceptors (Lipinski definition) is 2. The van der Waals surface area contributed by atoms with Gasteiger partial charge >= 0.3 is 0 Å². The molecule has 0 aliphatic carbocycles. The average molecular weight is 295 g/mol. The van der Waals surface area contributed by atoms with Crippen molar-refractivity contribution < 1.29 is 9.84 Å². The Morgan fingerprint density at radius 1 is 1.05 bits per heavy atom. The molecule has 2 aromatic carbocycles. The van der Waals surface area contributed by atoms with Gasteiger partial charge in [0.2, 0.25) is 0 Å². The molecule has 1 N–H and O–H groups in total. The molecule has 0 radical (unpaired) electrons. The molecule has 0 amide bonds. The summed E-state index contributed by atoms with van der Waals surface area (Å²) in [6, 6.07) is 12.9. The van der Waals surface area contributed by atoms with Crippen LogP contribution in [0.5, 0.6) is 5.75 Å². The second-order valence-corrected chi connectivity index (χ2v) is 5.38. The van der Waals surface area contributed by atoms with Crippen molar-refractivity contribution in [3.05, 3.63) is 63.6 Å². The molecular formula is C15H12Cl2O2. The van der Waals surface area contributed by atoms with Crippen molar-refractivity contribution in [2.45, 2.75) is 18.6 Å². The topological polar surface area (TPSA) is 29.5 Å². The van der Waals surface area contributed by atoms with Crippen LogP contribution in [0.3, 0.4) is 0 Å². The third kappa shape index (κ3) is 2.44. The molecule has 4 heteroatoms. The van der Waals surface area contributed by atoms with Crippen LogP contribution in [0.4, 0.5) is 0 Å². The summed E-state index contributed by atoms with van der Waals surface area (Å²) in [6.07, 6.45) is -0.223. The quantitative estimate of drug-likeness (QED) is 0.836. The highest BCUT2D eigenvalue weighted by atomic mass is 35.5. The lowest BCUT2D eigenvalue weighted by Crippen LogP contribution is -2.18. The van der Waals surface area contributed by atoms with E-state index in [2.05, 4.69) is 0 Å². The van der Waals surface area contributed by atoms with Crippen LogP contribution in [0.2, 0.25) is 10.0 Å². The molecule has 1 aliphatic rings. The SMILES string of the molecule is O[C@H]1CC(c2ccc(Cl)c(Cl)c2)Oc2ccccc21. The van der Waals surface area contributed by atoms with Crippen LogP contribution in [0.25, 0.3) is 0 Å². The van der Waals surface area contributed by atoms with E-state index in [1.807, 2.05) is 30.3 Å². The van der Waals surface area contributed by atoms with Crippen molar-refractivity contribution in [2.75, 3.05) is 0 Å². The number of halogens is 2. The second-order valence-electron chi connectivity index (χ2n) is 4.57. The summed E-state index contributed by atoms with van der Waals surface area (Å²) < 4.78 is 5.92. The van der Waals surface area contributed by atoms with Crippen molar-refractivity contribution in [2.24, 2.45) is 0 Å². The maximum atomic E-state index is 10.2. The van der Waals surface area contributed by atoms with Gasteiger partial charge in [0.15, 0.2) is 0 Å². The van der Waals surface area contributed by atoms with Crippen LogP contribution < -0.4 is 4.74 Å². The first-order chi connectivity index (χ1) is 9.15. The van der Waals surface area contributed by atoms with Crippen molar-refractivity contribution in [3.8, 4) is 5.75 Å². The van der Waals surface area contributed by atoms with Crippen molar-refractivity contribution in [3.63, 3.8) is 0 Å². The van der Waals surface area contributed by atoms with Crippen LogP contribution in [-0.2, 0) is 0 Å². The summed E-state index contributed by atoms with van der Waals surface area (Å²) in [6.45, 7) is 0. The van der Waals surface area contributed by atoms with Crippen LogP contribution in [-0.4, -0.2) is 5.11 Å². The molecule has 2 nitrogen and oxygen atoms in total. The van der Waals surface area contributed by atoms with Crippen molar-refractivity contribution in [1.29, 1.82) is 0 Å². The van der Waals surface area contributed by atoms with Gasteiger partial charge in [0.05, 0.1) is 16.1 Å². The standard InChI is InChI=1S/C15H12Cl2O2/c16-11-6-5-9(7-12(11)17)15-8-13(18)10-3-1-2-4-14(10)19-15/h1-7,13,15,18H,8H2/t13-,15?/m0/s1. The Hall–Kier alpha value is -1.22. The summed E-state index contributed by atoms with van der Waals surface area (Å²) in [4.78, 5) is 0. The molecule has 2 aromatic rings. The molecule has 0 spiro atoms. The third-order valence-electron chi connectivity index (χ3n) is 3.30. The Bertz CT molecular complexity index is 613. The average Bonchev–Trinajstić information content (AvgIpc) is 2.42. The molecule has 3 rings (SSSR count). The van der Waals surface area contributed by atoms with E-state index in [1.165, 1.54) is 0 Å². The van der Waals surface area contributed by atoms with E-state index in [-0.39, 0.29) is 6.10 Å². The third-order valence-corrected chi connectivity index (χ3v) is 4.04. The van der Waals surface area contributed by atoms with Crippen LogP contribution >= 0.6 is 23.2 Å². The van der Waals surface area contributed by atoms with E-state index < -0.39 is 6.10 Å². The predicted octanol–water partition coefficient (Wildman–Crippen LogP) is 4.55. The van der Waals surface area contributed by atoms with Crippen molar-refractivity contribution in [1.82, 2.24) is 0 Å². The maximum absolute atomic E-state index is 10.2. The highest BCUT2D eigenvalue weighted by Gasteiger charge is 2.27. The number of aliphatic hydroxyl groups is 1. The molecular weight excluding hydrogens is 283 g/mol. The Morgan fingerprint density at radius 3 is 2.63 bits per heavy atom. The molecule has 98 valence electrons. The summed E-state index contributed by atoms with van der Waals surface area (Å²) in [5.74, 6) is 0.720. The number of fused-ring (bicyclic) bond motifs is 1. The smallest absolute Gasteiger partial charge is 0.127 e. The van der Waals surface area contributed by atoms with E-state index in [0.717, 1.165) is 16.9 Å². The lowest BCUT2D eigenvalue weighted by molar-refractivity contribution is 0.0657. The van der Waals surface area contributed by atoms with Crippen molar-refractivity contribution >= 4 is 23.2 Å². The van der Waals surface area contributed by atoms with Crippen LogP contribution in [0.1, 0.15) is 29.8 Å². The highest BCUT2D eigenvalue weighted by Crippen LogP contribution is 2.41. The largest absolute Gasteiger partial charge is 0.485 e. The normalized spacial score (nSPS) is 21.6. The van der Waals surface area contributed by atoms with E-state index in [1.54, 1.807) is 12.1 Å². The molecule has 0 saturated carbocycles. The van der Waals surface area contributed by atoms with E-state index in [9.17, 15) is 5.11 Å². The zero-order valence-corrected chi connectivity index (χ0v) is 11.5. The lowest BCUT2D eigenvalue weighted by atomic mass is 9.95. The molecule has 1 aliphatic heterocycles. The van der Waals surface area contributed by atoms with Gasteiger partial charge in [-0.15, -0.1) is 0 Å². The molecule has 1 heterocycles. The Kier molecular flexibility index (Phi) is 3.40. The van der Waals surface area contributed by atoms with Gasteiger partial charge in [-0.2, -0.15) is 0 Å². The summed E-state index contributed by atoms with van der Waals surface area (Å²) in [7, 11) is 0. The van der Waals surface area contributed by atoms with E-state index in [0.29, 0.717) is 16.5 Å². The molecule has 0 aromatic heterocycles. The van der Waals surface area contributed by atoms with Gasteiger partial charge in [-0.25, -0.2) is 0 Å². The van der Waals surface area contributed by atoms with Gasteiger partial charge < -0.3 is 9.84 Å². The van der Waals surface area contributed by atoms with Gasteiger partial charge in [-0.1, -0.05) is 47.5 Å².